The number of halogens is 1. The molecule has 0 N–H and O–H groups in total. The van der Waals surface area contributed by atoms with Gasteiger partial charge < -0.3 is 9.30 Å². The van der Waals surface area contributed by atoms with E-state index in [4.69, 9.17) is 4.74 Å². The smallest absolute Gasteiger partial charge is 0.147 e. The zero-order valence-electron chi connectivity index (χ0n) is 11.4. The molecule has 0 aliphatic carbocycles. The van der Waals surface area contributed by atoms with Crippen LogP contribution in [-0.2, 0) is 13.7 Å². The molecule has 0 amide bonds. The first-order valence-electron chi connectivity index (χ1n) is 6.44. The second-order valence-corrected chi connectivity index (χ2v) is 5.69. The summed E-state index contributed by atoms with van der Waals surface area (Å²) in [6.07, 6.45) is 0. The zero-order chi connectivity index (χ0) is 14.1. The molecule has 0 atom stereocenters. The number of ether oxygens (including phenoxy) is 1. The Bertz CT molecular complexity index is 764. The fraction of sp³-hybridized carbons (Fsp3) is 0.188. The Kier molecular flexibility index (Phi) is 3.49. The van der Waals surface area contributed by atoms with E-state index in [0.29, 0.717) is 6.61 Å². The number of benzene rings is 2. The van der Waals surface area contributed by atoms with E-state index in [2.05, 4.69) is 31.5 Å². The topological polar surface area (TPSA) is 27.1 Å². The third-order valence-electron chi connectivity index (χ3n) is 3.39. The highest BCUT2D eigenvalue weighted by atomic mass is 79.9. The summed E-state index contributed by atoms with van der Waals surface area (Å²) in [6, 6.07) is 14.1. The average molecular weight is 331 g/mol. The average Bonchev–Trinajstić information content (AvgIpc) is 2.74. The van der Waals surface area contributed by atoms with Crippen LogP contribution in [0, 0.1) is 6.92 Å². The Labute approximate surface area is 126 Å². The molecule has 3 nitrogen and oxygen atoms in total. The standard InChI is InChI=1S/C16H15BrN2O/c1-11-5-3-4-6-15(11)20-10-16-18-13-9-12(17)7-8-14(13)19(16)2/h3-9H,10H2,1-2H3. The van der Waals surface area contributed by atoms with Gasteiger partial charge in [0.1, 0.15) is 18.2 Å². The van der Waals surface area contributed by atoms with E-state index < -0.39 is 0 Å². The van der Waals surface area contributed by atoms with E-state index in [1.807, 2.05) is 50.4 Å². The van der Waals surface area contributed by atoms with Crippen molar-refractivity contribution in [3.63, 3.8) is 0 Å². The molecule has 0 fully saturated rings. The lowest BCUT2D eigenvalue weighted by molar-refractivity contribution is 0.290. The number of hydrogen-bond donors (Lipinski definition) is 0. The van der Waals surface area contributed by atoms with Crippen molar-refractivity contribution in [2.75, 3.05) is 0 Å². The van der Waals surface area contributed by atoms with E-state index in [0.717, 1.165) is 32.6 Å². The lowest BCUT2D eigenvalue weighted by Crippen LogP contribution is -2.04. The summed E-state index contributed by atoms with van der Waals surface area (Å²) in [5.74, 6) is 1.82. The van der Waals surface area contributed by atoms with Crippen LogP contribution >= 0.6 is 15.9 Å². The quantitative estimate of drug-likeness (QED) is 0.718. The van der Waals surface area contributed by atoms with E-state index in [-0.39, 0.29) is 0 Å². The highest BCUT2D eigenvalue weighted by Crippen LogP contribution is 2.22. The van der Waals surface area contributed by atoms with E-state index >= 15 is 0 Å². The summed E-state index contributed by atoms with van der Waals surface area (Å²) >= 11 is 3.47. The van der Waals surface area contributed by atoms with E-state index in [1.165, 1.54) is 0 Å². The molecule has 102 valence electrons. The molecular formula is C16H15BrN2O. The first kappa shape index (κ1) is 13.2. The highest BCUT2D eigenvalue weighted by Gasteiger charge is 2.09. The van der Waals surface area contributed by atoms with Crippen LogP contribution < -0.4 is 4.74 Å². The van der Waals surface area contributed by atoms with Crippen LogP contribution in [0.1, 0.15) is 11.4 Å². The molecule has 3 rings (SSSR count). The Balaban J connectivity index is 1.88. The van der Waals surface area contributed by atoms with Gasteiger partial charge in [0.2, 0.25) is 0 Å². The molecule has 20 heavy (non-hydrogen) atoms. The number of hydrogen-bond acceptors (Lipinski definition) is 2. The van der Waals surface area contributed by atoms with Gasteiger partial charge in [-0.3, -0.25) is 0 Å². The first-order valence-corrected chi connectivity index (χ1v) is 7.24. The zero-order valence-corrected chi connectivity index (χ0v) is 13.0. The van der Waals surface area contributed by atoms with Crippen LogP contribution in [0.25, 0.3) is 11.0 Å². The molecule has 1 aromatic heterocycles. The van der Waals surface area contributed by atoms with Crippen LogP contribution in [0.15, 0.2) is 46.9 Å². The van der Waals surface area contributed by atoms with Gasteiger partial charge in [-0.25, -0.2) is 4.98 Å². The summed E-state index contributed by atoms with van der Waals surface area (Å²) < 4.78 is 8.97. The number of imidazole rings is 1. The second-order valence-electron chi connectivity index (χ2n) is 4.77. The normalized spacial score (nSPS) is 10.9. The van der Waals surface area contributed by atoms with Gasteiger partial charge in [0, 0.05) is 11.5 Å². The number of aryl methyl sites for hydroxylation is 2. The minimum absolute atomic E-state index is 0.466. The molecular weight excluding hydrogens is 316 g/mol. The Morgan fingerprint density at radius 2 is 2.00 bits per heavy atom. The molecule has 4 heteroatoms. The summed E-state index contributed by atoms with van der Waals surface area (Å²) in [4.78, 5) is 4.63. The molecule has 0 saturated heterocycles. The van der Waals surface area contributed by atoms with Gasteiger partial charge in [-0.05, 0) is 36.8 Å². The highest BCUT2D eigenvalue weighted by molar-refractivity contribution is 9.10. The summed E-state index contributed by atoms with van der Waals surface area (Å²) in [7, 11) is 2.01. The van der Waals surface area contributed by atoms with Crippen molar-refractivity contribution in [3.05, 3.63) is 58.3 Å². The molecule has 1 heterocycles. The fourth-order valence-corrected chi connectivity index (χ4v) is 2.56. The predicted molar refractivity (Wildman–Crippen MR) is 83.9 cm³/mol. The van der Waals surface area contributed by atoms with Gasteiger partial charge in [-0.15, -0.1) is 0 Å². The Morgan fingerprint density at radius 1 is 1.20 bits per heavy atom. The maximum Gasteiger partial charge on any atom is 0.147 e. The van der Waals surface area contributed by atoms with Crippen LogP contribution in [0.5, 0.6) is 5.75 Å². The maximum absolute atomic E-state index is 5.87. The van der Waals surface area contributed by atoms with Crippen LogP contribution in [0.2, 0.25) is 0 Å². The molecule has 2 aromatic carbocycles. The molecule has 3 aromatic rings. The summed E-state index contributed by atoms with van der Waals surface area (Å²) in [5.41, 5.74) is 3.22. The van der Waals surface area contributed by atoms with Crippen molar-refractivity contribution in [2.45, 2.75) is 13.5 Å². The van der Waals surface area contributed by atoms with Crippen LogP contribution in [0.3, 0.4) is 0 Å². The molecule has 0 saturated carbocycles. The van der Waals surface area contributed by atoms with Crippen molar-refractivity contribution in [1.29, 1.82) is 0 Å². The van der Waals surface area contributed by atoms with Gasteiger partial charge in [0.25, 0.3) is 0 Å². The largest absolute Gasteiger partial charge is 0.485 e. The number of rotatable bonds is 3. The molecule has 0 radical (unpaired) electrons. The number of aromatic nitrogens is 2. The summed E-state index contributed by atoms with van der Waals surface area (Å²) in [6.45, 7) is 2.51. The SMILES string of the molecule is Cc1ccccc1OCc1nc2cc(Br)ccc2n1C. The lowest BCUT2D eigenvalue weighted by Gasteiger charge is -2.08. The second kappa shape index (κ2) is 5.29. The van der Waals surface area contributed by atoms with Gasteiger partial charge >= 0.3 is 0 Å². The number of fused-ring (bicyclic) bond motifs is 1. The van der Waals surface area contributed by atoms with Crippen LogP contribution in [-0.4, -0.2) is 9.55 Å². The summed E-state index contributed by atoms with van der Waals surface area (Å²) in [5, 5.41) is 0. The monoisotopic (exact) mass is 330 g/mol. The Morgan fingerprint density at radius 3 is 2.80 bits per heavy atom. The lowest BCUT2D eigenvalue weighted by atomic mass is 10.2. The third kappa shape index (κ3) is 2.43. The third-order valence-corrected chi connectivity index (χ3v) is 3.88. The van der Waals surface area contributed by atoms with Crippen molar-refractivity contribution >= 4 is 27.0 Å². The van der Waals surface area contributed by atoms with Crippen molar-refractivity contribution in [1.82, 2.24) is 9.55 Å². The first-order chi connectivity index (χ1) is 9.65. The van der Waals surface area contributed by atoms with Gasteiger partial charge in [-0.2, -0.15) is 0 Å². The molecule has 0 unspecified atom stereocenters. The van der Waals surface area contributed by atoms with Crippen molar-refractivity contribution in [3.8, 4) is 5.75 Å². The van der Waals surface area contributed by atoms with Gasteiger partial charge in [0.05, 0.1) is 11.0 Å². The van der Waals surface area contributed by atoms with Crippen molar-refractivity contribution < 1.29 is 4.74 Å². The molecule has 0 bridgehead atoms. The predicted octanol–water partition coefficient (Wildman–Crippen LogP) is 4.22. The maximum atomic E-state index is 5.87. The minimum Gasteiger partial charge on any atom is -0.485 e. The van der Waals surface area contributed by atoms with Gasteiger partial charge in [0.15, 0.2) is 0 Å². The Hall–Kier alpha value is -1.81. The van der Waals surface area contributed by atoms with Gasteiger partial charge in [-0.1, -0.05) is 34.1 Å². The molecule has 0 aliphatic heterocycles. The molecule has 0 aliphatic rings. The van der Waals surface area contributed by atoms with Crippen molar-refractivity contribution in [2.24, 2.45) is 7.05 Å². The van der Waals surface area contributed by atoms with E-state index in [1.54, 1.807) is 0 Å². The fourth-order valence-electron chi connectivity index (χ4n) is 2.21. The van der Waals surface area contributed by atoms with E-state index in [9.17, 15) is 0 Å². The number of para-hydroxylation sites is 1. The van der Waals surface area contributed by atoms with Crippen LogP contribution in [0.4, 0.5) is 0 Å². The molecule has 0 spiro atoms. The minimum atomic E-state index is 0.466. The number of nitrogens with zero attached hydrogens (tertiary/aromatic N) is 2.